The van der Waals surface area contributed by atoms with Gasteiger partial charge in [-0.3, -0.25) is 4.79 Å². The highest BCUT2D eigenvalue weighted by molar-refractivity contribution is 6.42. The average Bonchev–Trinajstić information content (AvgIpc) is 3.22. The Kier molecular flexibility index (Phi) is 5.49. The number of carbonyl (C=O) groups excluding carboxylic acids is 1. The summed E-state index contributed by atoms with van der Waals surface area (Å²) >= 11 is 12.3. The maximum absolute atomic E-state index is 13.1. The van der Waals surface area contributed by atoms with Crippen molar-refractivity contribution in [3.63, 3.8) is 0 Å². The third kappa shape index (κ3) is 3.25. The number of hydrogen-bond donors (Lipinski definition) is 4. The molecule has 2 aromatic rings. The molecule has 0 spiro atoms. The molecule has 28 heavy (non-hydrogen) atoms. The van der Waals surface area contributed by atoms with Gasteiger partial charge >= 0.3 is 0 Å². The molecule has 0 aliphatic carbocycles. The fourth-order valence-electron chi connectivity index (χ4n) is 4.30. The quantitative estimate of drug-likeness (QED) is 0.596. The normalized spacial score (nSPS) is 26.7. The predicted octanol–water partition coefficient (Wildman–Crippen LogP) is 2.80. The number of phenolic OH excluding ortho intramolecular Hbond substituents is 1. The lowest BCUT2D eigenvalue weighted by Crippen LogP contribution is -2.41. The van der Waals surface area contributed by atoms with E-state index in [0.29, 0.717) is 23.0 Å². The monoisotopic (exact) mass is 421 g/mol. The lowest BCUT2D eigenvalue weighted by molar-refractivity contribution is -0.130. The summed E-state index contributed by atoms with van der Waals surface area (Å²) in [5, 5.41) is 20.5. The Balaban J connectivity index is 1.78. The predicted molar refractivity (Wildman–Crippen MR) is 107 cm³/mol. The largest absolute Gasteiger partial charge is 0.508 e. The van der Waals surface area contributed by atoms with E-state index in [0.717, 1.165) is 11.1 Å². The average molecular weight is 422 g/mol. The minimum atomic E-state index is -0.442. The minimum absolute atomic E-state index is 0.00177. The summed E-state index contributed by atoms with van der Waals surface area (Å²) < 4.78 is 0. The number of hydrogen-bond acceptors (Lipinski definition) is 5. The Morgan fingerprint density at radius 3 is 2.50 bits per heavy atom. The standard InChI is InChI=1S/C20H21Cl2N3O3/c21-13-7-6-11(10-14(13)22)19-16-17(12-4-1-2-5-15(12)27)23-24-18(16)20(28)25(19)8-3-9-26/h1-2,4-7,10,16-19,23-24,26-27H,3,8-9H2. The summed E-state index contributed by atoms with van der Waals surface area (Å²) in [6, 6.07) is 11.5. The molecule has 2 fully saturated rings. The summed E-state index contributed by atoms with van der Waals surface area (Å²) in [7, 11) is 0. The first-order valence-corrected chi connectivity index (χ1v) is 9.93. The second-order valence-electron chi connectivity index (χ2n) is 7.11. The zero-order chi connectivity index (χ0) is 19.8. The first kappa shape index (κ1) is 19.5. The molecule has 2 heterocycles. The van der Waals surface area contributed by atoms with Crippen LogP contribution in [0.25, 0.3) is 0 Å². The van der Waals surface area contributed by atoms with Gasteiger partial charge in [0.1, 0.15) is 11.8 Å². The van der Waals surface area contributed by atoms with E-state index in [-0.39, 0.29) is 36.3 Å². The zero-order valence-corrected chi connectivity index (χ0v) is 16.5. The topological polar surface area (TPSA) is 84.8 Å². The van der Waals surface area contributed by atoms with Gasteiger partial charge in [0.25, 0.3) is 0 Å². The van der Waals surface area contributed by atoms with Crippen molar-refractivity contribution in [3.05, 3.63) is 63.6 Å². The van der Waals surface area contributed by atoms with Gasteiger partial charge in [-0.15, -0.1) is 0 Å². The van der Waals surface area contributed by atoms with Crippen LogP contribution in [0.2, 0.25) is 10.0 Å². The molecule has 0 aromatic heterocycles. The Morgan fingerprint density at radius 2 is 1.79 bits per heavy atom. The minimum Gasteiger partial charge on any atom is -0.508 e. The maximum atomic E-state index is 13.1. The molecule has 4 N–H and O–H groups in total. The molecule has 0 bridgehead atoms. The second kappa shape index (κ2) is 7.89. The molecule has 2 aromatic carbocycles. The number of nitrogens with one attached hydrogen (secondary N) is 2. The number of aromatic hydroxyl groups is 1. The van der Waals surface area contributed by atoms with Gasteiger partial charge in [0.15, 0.2) is 0 Å². The van der Waals surface area contributed by atoms with Gasteiger partial charge in [-0.05, 0) is 30.2 Å². The number of aliphatic hydroxyl groups is 1. The number of benzene rings is 2. The van der Waals surface area contributed by atoms with Crippen LogP contribution in [0.4, 0.5) is 0 Å². The van der Waals surface area contributed by atoms with Crippen molar-refractivity contribution in [3.8, 4) is 5.75 Å². The fraction of sp³-hybridized carbons (Fsp3) is 0.350. The van der Waals surface area contributed by atoms with Crippen LogP contribution < -0.4 is 10.9 Å². The zero-order valence-electron chi connectivity index (χ0n) is 15.0. The summed E-state index contributed by atoms with van der Waals surface area (Å²) in [6.07, 6.45) is 0.484. The summed E-state index contributed by atoms with van der Waals surface area (Å²) in [4.78, 5) is 14.9. The molecular weight excluding hydrogens is 401 g/mol. The Hall–Kier alpha value is -1.83. The van der Waals surface area contributed by atoms with Crippen molar-refractivity contribution in [1.82, 2.24) is 15.8 Å². The molecule has 4 unspecified atom stereocenters. The number of fused-ring (bicyclic) bond motifs is 1. The highest BCUT2D eigenvalue weighted by Gasteiger charge is 2.55. The molecule has 2 aliphatic heterocycles. The van der Waals surface area contributed by atoms with E-state index in [4.69, 9.17) is 23.2 Å². The number of amides is 1. The van der Waals surface area contributed by atoms with Gasteiger partial charge in [0.2, 0.25) is 5.91 Å². The van der Waals surface area contributed by atoms with E-state index in [9.17, 15) is 15.0 Å². The maximum Gasteiger partial charge on any atom is 0.242 e. The highest BCUT2D eigenvalue weighted by atomic mass is 35.5. The molecule has 6 nitrogen and oxygen atoms in total. The van der Waals surface area contributed by atoms with E-state index in [1.165, 1.54) is 0 Å². The van der Waals surface area contributed by atoms with E-state index < -0.39 is 6.04 Å². The smallest absolute Gasteiger partial charge is 0.242 e. The summed E-state index contributed by atoms with van der Waals surface area (Å²) in [5.41, 5.74) is 7.89. The number of nitrogens with zero attached hydrogens (tertiary/aromatic N) is 1. The molecule has 148 valence electrons. The van der Waals surface area contributed by atoms with Crippen LogP contribution in [0, 0.1) is 5.92 Å². The van der Waals surface area contributed by atoms with E-state index >= 15 is 0 Å². The number of phenols is 1. The second-order valence-corrected chi connectivity index (χ2v) is 7.92. The number of para-hydroxylation sites is 1. The highest BCUT2D eigenvalue weighted by Crippen LogP contribution is 2.49. The molecule has 8 heteroatoms. The van der Waals surface area contributed by atoms with Crippen LogP contribution in [0.5, 0.6) is 5.75 Å². The van der Waals surface area contributed by atoms with Crippen molar-refractivity contribution in [2.75, 3.05) is 13.2 Å². The lowest BCUT2D eigenvalue weighted by atomic mass is 9.83. The summed E-state index contributed by atoms with van der Waals surface area (Å²) in [6.45, 7) is 0.435. The first-order chi connectivity index (χ1) is 13.5. The fourth-order valence-corrected chi connectivity index (χ4v) is 4.61. The number of hydrazine groups is 1. The van der Waals surface area contributed by atoms with E-state index in [2.05, 4.69) is 10.9 Å². The van der Waals surface area contributed by atoms with Gasteiger partial charge < -0.3 is 15.1 Å². The molecule has 4 rings (SSSR count). The van der Waals surface area contributed by atoms with Crippen molar-refractivity contribution in [2.45, 2.75) is 24.5 Å². The van der Waals surface area contributed by atoms with Gasteiger partial charge in [0, 0.05) is 24.6 Å². The molecule has 0 saturated carbocycles. The van der Waals surface area contributed by atoms with Gasteiger partial charge in [-0.2, -0.15) is 0 Å². The van der Waals surface area contributed by atoms with Crippen LogP contribution in [-0.4, -0.2) is 40.2 Å². The number of rotatable bonds is 5. The van der Waals surface area contributed by atoms with E-state index in [1.807, 2.05) is 18.2 Å². The first-order valence-electron chi connectivity index (χ1n) is 9.18. The van der Waals surface area contributed by atoms with Crippen LogP contribution >= 0.6 is 23.2 Å². The number of halogens is 2. The van der Waals surface area contributed by atoms with Gasteiger partial charge in [-0.1, -0.05) is 47.5 Å². The molecular formula is C20H21Cl2N3O3. The molecule has 1 amide bonds. The van der Waals surface area contributed by atoms with Gasteiger partial charge in [-0.25, -0.2) is 10.9 Å². The molecule has 4 atom stereocenters. The molecule has 0 radical (unpaired) electrons. The number of carbonyl (C=O) groups is 1. The van der Waals surface area contributed by atoms with E-state index in [1.54, 1.807) is 29.2 Å². The Morgan fingerprint density at radius 1 is 1.04 bits per heavy atom. The molecule has 2 saturated heterocycles. The third-order valence-electron chi connectivity index (χ3n) is 5.53. The van der Waals surface area contributed by atoms with Crippen molar-refractivity contribution in [1.29, 1.82) is 0 Å². The van der Waals surface area contributed by atoms with Crippen LogP contribution in [0.3, 0.4) is 0 Å². The van der Waals surface area contributed by atoms with Crippen LogP contribution in [0.15, 0.2) is 42.5 Å². The number of aliphatic hydroxyl groups excluding tert-OH is 1. The number of likely N-dealkylation sites (tertiary alicyclic amines) is 1. The SMILES string of the molecule is O=C1C2NNC(c3ccccc3O)C2C(c2ccc(Cl)c(Cl)c2)N1CCCO. The Labute approximate surface area is 173 Å². The van der Waals surface area contributed by atoms with Crippen molar-refractivity contribution < 1.29 is 15.0 Å². The van der Waals surface area contributed by atoms with Crippen molar-refractivity contribution in [2.24, 2.45) is 5.92 Å². The van der Waals surface area contributed by atoms with Crippen molar-refractivity contribution >= 4 is 29.1 Å². The summed E-state index contributed by atoms with van der Waals surface area (Å²) in [5.74, 6) is -0.0340. The van der Waals surface area contributed by atoms with Crippen LogP contribution in [0.1, 0.15) is 29.6 Å². The van der Waals surface area contributed by atoms with Gasteiger partial charge in [0.05, 0.1) is 22.1 Å². The lowest BCUT2D eigenvalue weighted by Gasteiger charge is -2.31. The molecule has 2 aliphatic rings. The third-order valence-corrected chi connectivity index (χ3v) is 6.27. The Bertz CT molecular complexity index is 895. The van der Waals surface area contributed by atoms with Crippen LogP contribution in [-0.2, 0) is 4.79 Å².